The minimum Gasteiger partial charge on any atom is -0.493 e. The highest BCUT2D eigenvalue weighted by Gasteiger charge is 2.12. The molecule has 0 amide bonds. The van der Waals surface area contributed by atoms with E-state index in [4.69, 9.17) is 14.2 Å². The van der Waals surface area contributed by atoms with Crippen molar-refractivity contribution in [2.45, 2.75) is 0 Å². The second-order valence-corrected chi connectivity index (χ2v) is 7.06. The van der Waals surface area contributed by atoms with Gasteiger partial charge in [0.2, 0.25) is 5.75 Å². The number of nitro benzene ring substituents is 1. The van der Waals surface area contributed by atoms with E-state index in [1.165, 1.54) is 36.5 Å². The molecular weight excluding hydrogens is 436 g/mol. The number of rotatable bonds is 10. The van der Waals surface area contributed by atoms with E-state index in [1.807, 2.05) is 48.6 Å². The summed E-state index contributed by atoms with van der Waals surface area (Å²) in [5, 5.41) is 13.8. The molecule has 3 aromatic rings. The van der Waals surface area contributed by atoms with Crippen LogP contribution in [0.1, 0.15) is 21.5 Å². The van der Waals surface area contributed by atoms with E-state index in [2.05, 4.69) is 5.32 Å². The molecular formula is C26H24N2O6. The van der Waals surface area contributed by atoms with Crippen molar-refractivity contribution in [1.82, 2.24) is 0 Å². The third kappa shape index (κ3) is 6.01. The highest BCUT2D eigenvalue weighted by atomic mass is 16.6. The lowest BCUT2D eigenvalue weighted by Crippen LogP contribution is -1.97. The van der Waals surface area contributed by atoms with Gasteiger partial charge in [-0.1, -0.05) is 24.3 Å². The van der Waals surface area contributed by atoms with E-state index in [9.17, 15) is 14.9 Å². The molecule has 0 bridgehead atoms. The van der Waals surface area contributed by atoms with Gasteiger partial charge >= 0.3 is 0 Å². The maximum Gasteiger partial charge on any atom is 0.269 e. The predicted molar refractivity (Wildman–Crippen MR) is 132 cm³/mol. The number of benzene rings is 3. The Morgan fingerprint density at radius 1 is 0.882 bits per heavy atom. The van der Waals surface area contributed by atoms with Crippen LogP contribution in [-0.2, 0) is 0 Å². The number of anilines is 1. The average Bonchev–Trinajstić information content (AvgIpc) is 2.86. The molecule has 34 heavy (non-hydrogen) atoms. The fourth-order valence-electron chi connectivity index (χ4n) is 3.18. The molecule has 0 heterocycles. The first-order valence-electron chi connectivity index (χ1n) is 10.2. The molecule has 0 saturated carbocycles. The molecule has 0 aliphatic rings. The highest BCUT2D eigenvalue weighted by molar-refractivity contribution is 6.04. The van der Waals surface area contributed by atoms with Gasteiger partial charge in [0.25, 0.3) is 5.69 Å². The predicted octanol–water partition coefficient (Wildman–Crippen LogP) is 5.60. The summed E-state index contributed by atoms with van der Waals surface area (Å²) in [7, 11) is 4.70. The zero-order chi connectivity index (χ0) is 24.5. The van der Waals surface area contributed by atoms with Crippen LogP contribution in [0, 0.1) is 10.1 Å². The Bertz CT molecular complexity index is 1210. The molecule has 0 atom stereocenters. The minimum atomic E-state index is -0.505. The number of allylic oxidation sites excluding steroid dienone is 1. The Morgan fingerprint density at radius 2 is 1.53 bits per heavy atom. The topological polar surface area (TPSA) is 99.9 Å². The molecule has 8 nitrogen and oxygen atoms in total. The number of nitrogens with one attached hydrogen (secondary N) is 1. The normalized spacial score (nSPS) is 10.9. The van der Waals surface area contributed by atoms with Crippen molar-refractivity contribution in [2.75, 3.05) is 26.6 Å². The summed E-state index contributed by atoms with van der Waals surface area (Å²) < 4.78 is 16.1. The fraction of sp³-hybridized carbons (Fsp3) is 0.115. The van der Waals surface area contributed by atoms with Gasteiger partial charge in [-0.3, -0.25) is 14.9 Å². The second kappa shape index (κ2) is 11.3. The summed E-state index contributed by atoms with van der Waals surface area (Å²) >= 11 is 0. The number of hydrogen-bond donors (Lipinski definition) is 1. The smallest absolute Gasteiger partial charge is 0.269 e. The third-order valence-electron chi connectivity index (χ3n) is 4.89. The number of hydrogen-bond acceptors (Lipinski definition) is 7. The van der Waals surface area contributed by atoms with Gasteiger partial charge in [-0.25, -0.2) is 0 Å². The maximum absolute atomic E-state index is 12.3. The van der Waals surface area contributed by atoms with Gasteiger partial charge in [0.1, 0.15) is 0 Å². The number of ether oxygens (including phenoxy) is 3. The van der Waals surface area contributed by atoms with E-state index in [0.29, 0.717) is 22.8 Å². The Kier molecular flexibility index (Phi) is 8.02. The molecule has 0 saturated heterocycles. The number of carbonyl (C=O) groups excluding carboxylic acids is 1. The van der Waals surface area contributed by atoms with Gasteiger partial charge in [0.05, 0.1) is 26.3 Å². The number of ketones is 1. The van der Waals surface area contributed by atoms with Crippen LogP contribution in [0.15, 0.2) is 72.9 Å². The van der Waals surface area contributed by atoms with Crippen LogP contribution >= 0.6 is 0 Å². The van der Waals surface area contributed by atoms with Gasteiger partial charge in [-0.2, -0.15) is 0 Å². The molecule has 0 unspecified atom stereocenters. The van der Waals surface area contributed by atoms with Crippen molar-refractivity contribution in [1.29, 1.82) is 0 Å². The van der Waals surface area contributed by atoms with Crippen LogP contribution < -0.4 is 19.5 Å². The molecule has 0 aliphatic heterocycles. The van der Waals surface area contributed by atoms with Crippen LogP contribution in [-0.4, -0.2) is 32.0 Å². The quantitative estimate of drug-likeness (QED) is 0.138. The van der Waals surface area contributed by atoms with E-state index in [1.54, 1.807) is 21.3 Å². The molecule has 0 aromatic heterocycles. The third-order valence-corrected chi connectivity index (χ3v) is 4.89. The van der Waals surface area contributed by atoms with Crippen molar-refractivity contribution >= 4 is 29.3 Å². The zero-order valence-corrected chi connectivity index (χ0v) is 19.0. The van der Waals surface area contributed by atoms with Crippen LogP contribution in [0.4, 0.5) is 11.4 Å². The molecule has 0 spiro atoms. The summed E-state index contributed by atoms with van der Waals surface area (Å²) in [5.41, 5.74) is 2.91. The lowest BCUT2D eigenvalue weighted by Gasteiger charge is -2.12. The Hall–Kier alpha value is -4.59. The van der Waals surface area contributed by atoms with Crippen molar-refractivity contribution < 1.29 is 23.9 Å². The summed E-state index contributed by atoms with van der Waals surface area (Å²) in [4.78, 5) is 22.5. The van der Waals surface area contributed by atoms with Gasteiger partial charge in [0.15, 0.2) is 17.3 Å². The standard InChI is InChI=1S/C26H24N2O6/c1-32-24-16-19(17-25(33-2)26(24)34-3)8-7-18-5-4-6-21(15-18)27-14-13-23(29)20-9-11-22(12-10-20)28(30)31/h4-17,27H,1-3H3/b8-7+,14-13-. The number of nitrogens with zero attached hydrogens (tertiary/aromatic N) is 1. The number of nitro groups is 1. The minimum absolute atomic E-state index is 0.0601. The van der Waals surface area contributed by atoms with Gasteiger partial charge in [0, 0.05) is 35.7 Å². The fourth-order valence-corrected chi connectivity index (χ4v) is 3.18. The number of non-ortho nitro benzene ring substituents is 1. The number of carbonyl (C=O) groups is 1. The SMILES string of the molecule is COc1cc(/C=C/c2cccc(N/C=C\C(=O)c3ccc([N+](=O)[O-])cc3)c2)cc(OC)c1OC. The molecule has 1 N–H and O–H groups in total. The summed E-state index contributed by atoms with van der Waals surface area (Å²) in [6, 6.07) is 16.8. The molecule has 8 heteroatoms. The number of methoxy groups -OCH3 is 3. The van der Waals surface area contributed by atoms with Gasteiger partial charge < -0.3 is 19.5 Å². The van der Waals surface area contributed by atoms with E-state index in [0.717, 1.165) is 16.8 Å². The highest BCUT2D eigenvalue weighted by Crippen LogP contribution is 2.38. The van der Waals surface area contributed by atoms with Gasteiger partial charge in [-0.15, -0.1) is 0 Å². The van der Waals surface area contributed by atoms with Crippen LogP contribution in [0.2, 0.25) is 0 Å². The van der Waals surface area contributed by atoms with Crippen LogP contribution in [0.25, 0.3) is 12.2 Å². The monoisotopic (exact) mass is 460 g/mol. The molecule has 3 aromatic carbocycles. The second-order valence-electron chi connectivity index (χ2n) is 7.06. The van der Waals surface area contributed by atoms with Crippen LogP contribution in [0.5, 0.6) is 17.2 Å². The van der Waals surface area contributed by atoms with Crippen molar-refractivity contribution in [3.8, 4) is 17.2 Å². The lowest BCUT2D eigenvalue weighted by molar-refractivity contribution is -0.384. The first kappa shape index (κ1) is 24.1. The Morgan fingerprint density at radius 3 is 2.12 bits per heavy atom. The first-order valence-corrected chi connectivity index (χ1v) is 10.2. The molecule has 3 rings (SSSR count). The Labute approximate surface area is 197 Å². The molecule has 0 aliphatic carbocycles. The summed E-state index contributed by atoms with van der Waals surface area (Å²) in [5.74, 6) is 1.41. The summed E-state index contributed by atoms with van der Waals surface area (Å²) in [6.07, 6.45) is 6.78. The molecule has 0 fully saturated rings. The summed E-state index contributed by atoms with van der Waals surface area (Å²) in [6.45, 7) is 0. The first-order chi connectivity index (χ1) is 16.4. The zero-order valence-electron chi connectivity index (χ0n) is 19.0. The van der Waals surface area contributed by atoms with E-state index < -0.39 is 4.92 Å². The lowest BCUT2D eigenvalue weighted by atomic mass is 10.1. The van der Waals surface area contributed by atoms with Gasteiger partial charge in [-0.05, 0) is 47.5 Å². The average molecular weight is 460 g/mol. The maximum atomic E-state index is 12.3. The molecule has 0 radical (unpaired) electrons. The largest absolute Gasteiger partial charge is 0.493 e. The van der Waals surface area contributed by atoms with Crippen molar-refractivity contribution in [2.24, 2.45) is 0 Å². The van der Waals surface area contributed by atoms with Crippen molar-refractivity contribution in [3.63, 3.8) is 0 Å². The van der Waals surface area contributed by atoms with Crippen LogP contribution in [0.3, 0.4) is 0 Å². The van der Waals surface area contributed by atoms with Crippen molar-refractivity contribution in [3.05, 3.63) is 99.7 Å². The van der Waals surface area contributed by atoms with E-state index in [-0.39, 0.29) is 11.5 Å². The molecule has 174 valence electrons. The Balaban J connectivity index is 1.68. The van der Waals surface area contributed by atoms with E-state index >= 15 is 0 Å².